The van der Waals surface area contributed by atoms with Gasteiger partial charge >= 0.3 is 0 Å². The summed E-state index contributed by atoms with van der Waals surface area (Å²) >= 11 is 3.57. The third-order valence-corrected chi connectivity index (χ3v) is 4.23. The number of aryl methyl sites for hydroxylation is 1. The first-order chi connectivity index (χ1) is 8.25. The predicted molar refractivity (Wildman–Crippen MR) is 73.1 cm³/mol. The molecule has 2 heterocycles. The Balaban J connectivity index is 1.99. The van der Waals surface area contributed by atoms with Crippen molar-refractivity contribution in [2.75, 3.05) is 13.1 Å². The number of nitrogens with one attached hydrogen (secondary N) is 1. The Morgan fingerprint density at radius 3 is 3.12 bits per heavy atom. The molecule has 1 unspecified atom stereocenters. The molecule has 1 N–H and O–H groups in total. The fourth-order valence-corrected chi connectivity index (χ4v) is 3.00. The Kier molecular flexibility index (Phi) is 2.92. The van der Waals surface area contributed by atoms with Crippen molar-refractivity contribution in [1.29, 1.82) is 0 Å². The normalized spacial score (nSPS) is 20.2. The molecule has 1 aliphatic rings. The number of imidazole rings is 1. The Hall–Kier alpha value is -0.870. The Morgan fingerprint density at radius 2 is 2.41 bits per heavy atom. The van der Waals surface area contributed by atoms with Crippen LogP contribution >= 0.6 is 15.9 Å². The van der Waals surface area contributed by atoms with Gasteiger partial charge in [-0.1, -0.05) is 6.07 Å². The van der Waals surface area contributed by atoms with E-state index in [0.717, 1.165) is 35.4 Å². The van der Waals surface area contributed by atoms with Gasteiger partial charge < -0.3 is 9.88 Å². The van der Waals surface area contributed by atoms with Crippen LogP contribution in [0.2, 0.25) is 0 Å². The predicted octanol–water partition coefficient (Wildman–Crippen LogP) is 2.49. The minimum absolute atomic E-state index is 0.740. The largest absolute Gasteiger partial charge is 0.331 e. The summed E-state index contributed by atoms with van der Waals surface area (Å²) in [7, 11) is 2.11. The van der Waals surface area contributed by atoms with Crippen LogP contribution in [-0.2, 0) is 13.5 Å². The van der Waals surface area contributed by atoms with Gasteiger partial charge in [0.1, 0.15) is 11.3 Å². The molecule has 0 spiro atoms. The van der Waals surface area contributed by atoms with Crippen molar-refractivity contribution in [3.05, 3.63) is 28.5 Å². The number of fused-ring (bicyclic) bond motifs is 1. The molecule has 0 bridgehead atoms. The second kappa shape index (κ2) is 4.42. The van der Waals surface area contributed by atoms with Gasteiger partial charge in [-0.3, -0.25) is 0 Å². The summed E-state index contributed by atoms with van der Waals surface area (Å²) in [6.45, 7) is 2.28. The molecule has 0 radical (unpaired) electrons. The fraction of sp³-hybridized carbons (Fsp3) is 0.462. The minimum atomic E-state index is 0.740. The van der Waals surface area contributed by atoms with Crippen LogP contribution in [0.1, 0.15) is 12.2 Å². The summed E-state index contributed by atoms with van der Waals surface area (Å²) in [5, 5.41) is 3.41. The van der Waals surface area contributed by atoms with Crippen LogP contribution < -0.4 is 5.32 Å². The molecule has 1 atom stereocenters. The van der Waals surface area contributed by atoms with E-state index in [1.54, 1.807) is 0 Å². The lowest BCUT2D eigenvalue weighted by atomic mass is 10.0. The fourth-order valence-electron chi connectivity index (χ4n) is 2.56. The van der Waals surface area contributed by atoms with Crippen molar-refractivity contribution >= 4 is 27.0 Å². The van der Waals surface area contributed by atoms with E-state index in [9.17, 15) is 0 Å². The molecule has 3 rings (SSSR count). The molecule has 1 aliphatic heterocycles. The van der Waals surface area contributed by atoms with Crippen LogP contribution in [0, 0.1) is 5.92 Å². The van der Waals surface area contributed by atoms with E-state index in [1.165, 1.54) is 17.8 Å². The molecule has 1 aromatic carbocycles. The van der Waals surface area contributed by atoms with Crippen molar-refractivity contribution in [3.8, 4) is 0 Å². The molecule has 1 saturated heterocycles. The van der Waals surface area contributed by atoms with Crippen LogP contribution in [0.3, 0.4) is 0 Å². The topological polar surface area (TPSA) is 29.9 Å². The average molecular weight is 294 g/mol. The SMILES string of the molecule is Cn1c(CC2CCNC2)nc2c(Br)cccc21. The number of aromatic nitrogens is 2. The number of nitrogens with zero attached hydrogens (tertiary/aromatic N) is 2. The standard InChI is InChI=1S/C13H16BrN3/c1-17-11-4-2-3-10(14)13(11)16-12(17)7-9-5-6-15-8-9/h2-4,9,15H,5-8H2,1H3. The van der Waals surface area contributed by atoms with E-state index in [4.69, 9.17) is 4.98 Å². The molecule has 0 saturated carbocycles. The molecule has 4 heteroatoms. The van der Waals surface area contributed by atoms with Gasteiger partial charge in [0.15, 0.2) is 0 Å². The summed E-state index contributed by atoms with van der Waals surface area (Å²) in [6.07, 6.45) is 2.34. The van der Waals surface area contributed by atoms with Gasteiger partial charge in [-0.15, -0.1) is 0 Å². The van der Waals surface area contributed by atoms with Crippen LogP contribution in [-0.4, -0.2) is 22.6 Å². The summed E-state index contributed by atoms with van der Waals surface area (Å²) in [4.78, 5) is 4.76. The molecule has 0 aliphatic carbocycles. The third-order valence-electron chi connectivity index (χ3n) is 3.59. The molecule has 0 amide bonds. The van der Waals surface area contributed by atoms with E-state index < -0.39 is 0 Å². The summed E-state index contributed by atoms with van der Waals surface area (Å²) in [5.41, 5.74) is 2.29. The maximum atomic E-state index is 4.76. The highest BCUT2D eigenvalue weighted by Crippen LogP contribution is 2.25. The summed E-state index contributed by atoms with van der Waals surface area (Å²) in [6, 6.07) is 6.24. The Morgan fingerprint density at radius 1 is 1.53 bits per heavy atom. The number of benzene rings is 1. The molecule has 1 aromatic heterocycles. The van der Waals surface area contributed by atoms with Crippen molar-refractivity contribution in [1.82, 2.24) is 14.9 Å². The maximum Gasteiger partial charge on any atom is 0.109 e. The second-order valence-electron chi connectivity index (χ2n) is 4.76. The van der Waals surface area contributed by atoms with Crippen molar-refractivity contribution in [2.45, 2.75) is 12.8 Å². The first-order valence-electron chi connectivity index (χ1n) is 6.06. The lowest BCUT2D eigenvalue weighted by molar-refractivity contribution is 0.552. The zero-order valence-corrected chi connectivity index (χ0v) is 11.5. The number of hydrogen-bond donors (Lipinski definition) is 1. The summed E-state index contributed by atoms with van der Waals surface area (Å²) in [5.74, 6) is 1.94. The van der Waals surface area contributed by atoms with E-state index in [2.05, 4.69) is 51.1 Å². The summed E-state index contributed by atoms with van der Waals surface area (Å²) < 4.78 is 3.31. The first kappa shape index (κ1) is 11.2. The molecular weight excluding hydrogens is 278 g/mol. The van der Waals surface area contributed by atoms with Crippen molar-refractivity contribution in [3.63, 3.8) is 0 Å². The number of hydrogen-bond acceptors (Lipinski definition) is 2. The van der Waals surface area contributed by atoms with Crippen molar-refractivity contribution in [2.24, 2.45) is 13.0 Å². The number of halogens is 1. The van der Waals surface area contributed by atoms with Gasteiger partial charge in [0.2, 0.25) is 0 Å². The zero-order chi connectivity index (χ0) is 11.8. The van der Waals surface area contributed by atoms with Crippen LogP contribution in [0.4, 0.5) is 0 Å². The maximum absolute atomic E-state index is 4.76. The highest BCUT2D eigenvalue weighted by atomic mass is 79.9. The monoisotopic (exact) mass is 293 g/mol. The minimum Gasteiger partial charge on any atom is -0.331 e. The van der Waals surface area contributed by atoms with E-state index >= 15 is 0 Å². The lowest BCUT2D eigenvalue weighted by Crippen LogP contribution is -2.12. The smallest absolute Gasteiger partial charge is 0.109 e. The molecule has 3 nitrogen and oxygen atoms in total. The van der Waals surface area contributed by atoms with Gasteiger partial charge in [0, 0.05) is 17.9 Å². The Labute approximate surface area is 109 Å². The highest BCUT2D eigenvalue weighted by molar-refractivity contribution is 9.10. The third kappa shape index (κ3) is 2.00. The second-order valence-corrected chi connectivity index (χ2v) is 5.61. The van der Waals surface area contributed by atoms with Gasteiger partial charge in [-0.2, -0.15) is 0 Å². The molecular formula is C13H16BrN3. The average Bonchev–Trinajstić information content (AvgIpc) is 2.92. The lowest BCUT2D eigenvalue weighted by Gasteiger charge is -2.07. The van der Waals surface area contributed by atoms with Crippen LogP contribution in [0.5, 0.6) is 0 Å². The van der Waals surface area contributed by atoms with Gasteiger partial charge in [0.05, 0.1) is 5.52 Å². The van der Waals surface area contributed by atoms with Crippen LogP contribution in [0.15, 0.2) is 22.7 Å². The van der Waals surface area contributed by atoms with E-state index in [0.29, 0.717) is 0 Å². The van der Waals surface area contributed by atoms with Gasteiger partial charge in [-0.25, -0.2) is 4.98 Å². The molecule has 2 aromatic rings. The Bertz CT molecular complexity index is 541. The van der Waals surface area contributed by atoms with Gasteiger partial charge in [-0.05, 0) is 53.5 Å². The van der Waals surface area contributed by atoms with Crippen LogP contribution in [0.25, 0.3) is 11.0 Å². The van der Waals surface area contributed by atoms with E-state index in [-0.39, 0.29) is 0 Å². The zero-order valence-electron chi connectivity index (χ0n) is 9.91. The van der Waals surface area contributed by atoms with E-state index in [1.807, 2.05) is 0 Å². The number of rotatable bonds is 2. The van der Waals surface area contributed by atoms with Crippen molar-refractivity contribution < 1.29 is 0 Å². The quantitative estimate of drug-likeness (QED) is 0.922. The van der Waals surface area contributed by atoms with Gasteiger partial charge in [0.25, 0.3) is 0 Å². The molecule has 1 fully saturated rings. The molecule has 90 valence electrons. The molecule has 17 heavy (non-hydrogen) atoms. The highest BCUT2D eigenvalue weighted by Gasteiger charge is 2.18. The first-order valence-corrected chi connectivity index (χ1v) is 6.85. The number of para-hydroxylation sites is 1.